The van der Waals surface area contributed by atoms with Gasteiger partial charge in [-0.1, -0.05) is 0 Å². The van der Waals surface area contributed by atoms with Gasteiger partial charge in [0, 0.05) is 6.42 Å². The number of hydrogen-bond donors (Lipinski definition) is 0. The molecule has 0 radical (unpaired) electrons. The number of esters is 1. The number of likely N-dealkylation sites (tertiary alicyclic amines) is 1. The van der Waals surface area contributed by atoms with Crippen molar-refractivity contribution < 1.29 is 13.9 Å². The Bertz CT molecular complexity index is 375. The first-order valence-corrected chi connectivity index (χ1v) is 7.24. The van der Waals surface area contributed by atoms with Gasteiger partial charge >= 0.3 is 5.97 Å². The molecule has 1 saturated heterocycles. The molecular formula is C15H23NO3. The van der Waals surface area contributed by atoms with E-state index in [0.29, 0.717) is 19.1 Å². The molecule has 0 bridgehead atoms. The Kier molecular flexibility index (Phi) is 5.45. The summed E-state index contributed by atoms with van der Waals surface area (Å²) >= 11 is 0. The van der Waals surface area contributed by atoms with Gasteiger partial charge in [-0.2, -0.15) is 0 Å². The van der Waals surface area contributed by atoms with Crippen LogP contribution in [-0.4, -0.2) is 30.6 Å². The fraction of sp³-hybridized carbons (Fsp3) is 0.667. The third-order valence-corrected chi connectivity index (χ3v) is 3.62. The normalized spacial score (nSPS) is 19.7. The van der Waals surface area contributed by atoms with E-state index in [1.165, 1.54) is 12.8 Å². The lowest BCUT2D eigenvalue weighted by Gasteiger charge is -2.22. The van der Waals surface area contributed by atoms with Gasteiger partial charge in [0.05, 0.1) is 18.9 Å². The fourth-order valence-corrected chi connectivity index (χ4v) is 2.71. The number of rotatable bonds is 7. The molecule has 0 unspecified atom stereocenters. The average Bonchev–Trinajstić information content (AvgIpc) is 3.05. The van der Waals surface area contributed by atoms with E-state index in [9.17, 15) is 4.79 Å². The minimum Gasteiger partial charge on any atom is -0.468 e. The van der Waals surface area contributed by atoms with Crippen LogP contribution in [0.5, 0.6) is 0 Å². The number of nitrogens with zero attached hydrogens (tertiary/aromatic N) is 1. The van der Waals surface area contributed by atoms with Crippen molar-refractivity contribution in [3.05, 3.63) is 24.2 Å². The molecule has 2 rings (SSSR count). The van der Waals surface area contributed by atoms with Crippen LogP contribution in [0.4, 0.5) is 0 Å². The summed E-state index contributed by atoms with van der Waals surface area (Å²) in [6.45, 7) is 4.48. The minimum atomic E-state index is -0.0773. The molecule has 0 amide bonds. The molecule has 0 spiro atoms. The van der Waals surface area contributed by atoms with Gasteiger partial charge in [-0.3, -0.25) is 9.69 Å². The van der Waals surface area contributed by atoms with Crippen LogP contribution in [0.25, 0.3) is 0 Å². The second-order valence-electron chi connectivity index (χ2n) is 4.97. The van der Waals surface area contributed by atoms with Crippen LogP contribution in [0.2, 0.25) is 0 Å². The van der Waals surface area contributed by atoms with Crippen LogP contribution in [0, 0.1) is 0 Å². The summed E-state index contributed by atoms with van der Waals surface area (Å²) in [5.74, 6) is 0.995. The van der Waals surface area contributed by atoms with Gasteiger partial charge in [0.15, 0.2) is 0 Å². The van der Waals surface area contributed by atoms with Crippen LogP contribution in [0.15, 0.2) is 22.8 Å². The first-order chi connectivity index (χ1) is 9.31. The topological polar surface area (TPSA) is 42.7 Å². The molecule has 19 heavy (non-hydrogen) atoms. The van der Waals surface area contributed by atoms with Gasteiger partial charge in [0.2, 0.25) is 0 Å². The first kappa shape index (κ1) is 14.1. The molecule has 1 aromatic rings. The highest BCUT2D eigenvalue weighted by Crippen LogP contribution is 2.32. The summed E-state index contributed by atoms with van der Waals surface area (Å²) in [6, 6.07) is 4.44. The SMILES string of the molecule is CCOC(=O)CCCCN1CCC[C@H]1c1ccco1. The minimum absolute atomic E-state index is 0.0773. The van der Waals surface area contributed by atoms with Crippen LogP contribution in [-0.2, 0) is 9.53 Å². The summed E-state index contributed by atoms with van der Waals surface area (Å²) in [6.07, 6.45) is 6.62. The largest absolute Gasteiger partial charge is 0.468 e. The summed E-state index contributed by atoms with van der Waals surface area (Å²) in [7, 11) is 0. The summed E-state index contributed by atoms with van der Waals surface area (Å²) < 4.78 is 10.4. The van der Waals surface area contributed by atoms with E-state index in [0.717, 1.165) is 31.7 Å². The van der Waals surface area contributed by atoms with Crippen LogP contribution in [0.1, 0.15) is 50.8 Å². The maximum atomic E-state index is 11.2. The van der Waals surface area contributed by atoms with Crippen molar-refractivity contribution in [2.45, 2.75) is 45.1 Å². The molecule has 1 atom stereocenters. The van der Waals surface area contributed by atoms with E-state index in [2.05, 4.69) is 11.0 Å². The molecule has 1 aromatic heterocycles. The zero-order chi connectivity index (χ0) is 13.5. The summed E-state index contributed by atoms with van der Waals surface area (Å²) in [5, 5.41) is 0. The van der Waals surface area contributed by atoms with Crippen molar-refractivity contribution in [3.63, 3.8) is 0 Å². The zero-order valence-electron chi connectivity index (χ0n) is 11.6. The van der Waals surface area contributed by atoms with Crippen LogP contribution in [0.3, 0.4) is 0 Å². The van der Waals surface area contributed by atoms with Gasteiger partial charge in [-0.05, 0) is 57.8 Å². The molecule has 106 valence electrons. The van der Waals surface area contributed by atoms with Gasteiger partial charge in [-0.25, -0.2) is 0 Å². The maximum Gasteiger partial charge on any atom is 0.305 e. The summed E-state index contributed by atoms with van der Waals surface area (Å²) in [4.78, 5) is 13.7. The van der Waals surface area contributed by atoms with Crippen molar-refractivity contribution in [2.75, 3.05) is 19.7 Å². The highest BCUT2D eigenvalue weighted by molar-refractivity contribution is 5.69. The molecule has 1 fully saturated rings. The lowest BCUT2D eigenvalue weighted by atomic mass is 10.1. The van der Waals surface area contributed by atoms with Crippen LogP contribution < -0.4 is 0 Å². The van der Waals surface area contributed by atoms with E-state index >= 15 is 0 Å². The number of ether oxygens (including phenoxy) is 1. The van der Waals surface area contributed by atoms with Crippen molar-refractivity contribution in [1.29, 1.82) is 0 Å². The van der Waals surface area contributed by atoms with E-state index < -0.39 is 0 Å². The quantitative estimate of drug-likeness (QED) is 0.561. The van der Waals surface area contributed by atoms with Crippen molar-refractivity contribution in [1.82, 2.24) is 4.90 Å². The first-order valence-electron chi connectivity index (χ1n) is 7.24. The Hall–Kier alpha value is -1.29. The Labute approximate surface area is 114 Å². The number of carbonyl (C=O) groups is 1. The molecule has 0 aliphatic carbocycles. The second-order valence-corrected chi connectivity index (χ2v) is 4.97. The van der Waals surface area contributed by atoms with Crippen molar-refractivity contribution >= 4 is 5.97 Å². The number of hydrogen-bond acceptors (Lipinski definition) is 4. The Morgan fingerprint density at radius 1 is 1.53 bits per heavy atom. The lowest BCUT2D eigenvalue weighted by molar-refractivity contribution is -0.143. The Morgan fingerprint density at radius 2 is 2.42 bits per heavy atom. The highest BCUT2D eigenvalue weighted by Gasteiger charge is 2.27. The van der Waals surface area contributed by atoms with Gasteiger partial charge in [0.1, 0.15) is 5.76 Å². The average molecular weight is 265 g/mol. The van der Waals surface area contributed by atoms with Crippen LogP contribution >= 0.6 is 0 Å². The number of furan rings is 1. The van der Waals surface area contributed by atoms with E-state index in [-0.39, 0.29) is 5.97 Å². The number of carbonyl (C=O) groups excluding carboxylic acids is 1. The molecule has 0 saturated carbocycles. The molecule has 4 heteroatoms. The predicted octanol–water partition coefficient (Wildman–Crippen LogP) is 3.15. The Balaban J connectivity index is 1.69. The molecular weight excluding hydrogens is 242 g/mol. The van der Waals surface area contributed by atoms with Crippen molar-refractivity contribution in [2.24, 2.45) is 0 Å². The smallest absolute Gasteiger partial charge is 0.305 e. The number of unbranched alkanes of at least 4 members (excludes halogenated alkanes) is 1. The third kappa shape index (κ3) is 4.10. The molecule has 2 heterocycles. The Morgan fingerprint density at radius 3 is 3.16 bits per heavy atom. The standard InChI is InChI=1S/C15H23NO3/c1-2-18-15(17)9-3-4-10-16-11-5-7-13(16)14-8-6-12-19-14/h6,8,12-13H,2-5,7,9-11H2,1H3/t13-/m0/s1. The highest BCUT2D eigenvalue weighted by atomic mass is 16.5. The van der Waals surface area contributed by atoms with Gasteiger partial charge in [0.25, 0.3) is 0 Å². The van der Waals surface area contributed by atoms with Crippen molar-refractivity contribution in [3.8, 4) is 0 Å². The van der Waals surface area contributed by atoms with E-state index in [1.54, 1.807) is 6.26 Å². The molecule has 0 N–H and O–H groups in total. The molecule has 1 aliphatic heterocycles. The predicted molar refractivity (Wildman–Crippen MR) is 72.7 cm³/mol. The molecule has 0 aromatic carbocycles. The van der Waals surface area contributed by atoms with Gasteiger partial charge < -0.3 is 9.15 Å². The van der Waals surface area contributed by atoms with Gasteiger partial charge in [-0.15, -0.1) is 0 Å². The third-order valence-electron chi connectivity index (χ3n) is 3.62. The van der Waals surface area contributed by atoms with E-state index in [4.69, 9.17) is 9.15 Å². The lowest BCUT2D eigenvalue weighted by Crippen LogP contribution is -2.24. The zero-order valence-corrected chi connectivity index (χ0v) is 11.6. The monoisotopic (exact) mass is 265 g/mol. The maximum absolute atomic E-state index is 11.2. The molecule has 4 nitrogen and oxygen atoms in total. The fourth-order valence-electron chi connectivity index (χ4n) is 2.71. The molecule has 1 aliphatic rings. The second kappa shape index (κ2) is 7.34. The summed E-state index contributed by atoms with van der Waals surface area (Å²) in [5.41, 5.74) is 0. The van der Waals surface area contributed by atoms with E-state index in [1.807, 2.05) is 13.0 Å².